The van der Waals surface area contributed by atoms with Crippen LogP contribution in [0.1, 0.15) is 182 Å². The lowest BCUT2D eigenvalue weighted by Gasteiger charge is -2.24. The minimum atomic E-state index is -0.228. The number of nitrogens with one attached hydrogen (secondary N) is 2. The van der Waals surface area contributed by atoms with E-state index in [1.165, 1.54) is 51.4 Å². The summed E-state index contributed by atoms with van der Waals surface area (Å²) >= 11 is 0. The van der Waals surface area contributed by atoms with Gasteiger partial charge in [-0.25, -0.2) is 0 Å². The van der Waals surface area contributed by atoms with E-state index in [0.717, 1.165) is 70.6 Å². The minimum absolute atomic E-state index is 0.147. The fourth-order valence-corrected chi connectivity index (χ4v) is 5.94. The number of unbranched alkanes of at least 4 members (excludes halogenated alkanes) is 16. The van der Waals surface area contributed by atoms with Crippen molar-refractivity contribution in [2.75, 3.05) is 26.3 Å². The highest BCUT2D eigenvalue weighted by Gasteiger charge is 2.32. The van der Waals surface area contributed by atoms with Gasteiger partial charge in [-0.1, -0.05) is 124 Å². The van der Waals surface area contributed by atoms with Crippen molar-refractivity contribution in [1.29, 1.82) is 0 Å². The Hall–Kier alpha value is -2.64. The number of hydrogen-bond donors (Lipinski definition) is 2. The second-order valence-corrected chi connectivity index (χ2v) is 13.4. The molecule has 0 aromatic rings. The SMILES string of the molecule is CCCCCCCCCCCCCC1=C(NCCCC(=O)OCCCCCC)C(=O)C(C)=C(NCCCC(=O)OCCCCCC)C1=O. The number of carbonyl (C=O) groups is 4. The van der Waals surface area contributed by atoms with E-state index in [1.54, 1.807) is 6.92 Å². The summed E-state index contributed by atoms with van der Waals surface area (Å²) in [6.45, 7) is 9.95. The number of esters is 2. The number of Topliss-reactive ketones (excluding diaryl/α,β-unsaturated/α-hetero) is 2. The van der Waals surface area contributed by atoms with Crippen LogP contribution in [0, 0.1) is 0 Å². The largest absolute Gasteiger partial charge is 0.466 e. The van der Waals surface area contributed by atoms with Gasteiger partial charge in [0.05, 0.1) is 24.6 Å². The van der Waals surface area contributed by atoms with Gasteiger partial charge in [-0.15, -0.1) is 0 Å². The van der Waals surface area contributed by atoms with Gasteiger partial charge in [0.2, 0.25) is 11.6 Å². The number of hydrogen-bond acceptors (Lipinski definition) is 8. The van der Waals surface area contributed by atoms with E-state index in [2.05, 4.69) is 31.4 Å². The highest BCUT2D eigenvalue weighted by atomic mass is 16.5. The Morgan fingerprint density at radius 3 is 1.35 bits per heavy atom. The molecule has 8 heteroatoms. The van der Waals surface area contributed by atoms with Crippen molar-refractivity contribution < 1.29 is 28.7 Å². The Bertz CT molecular complexity index is 986. The van der Waals surface area contributed by atoms with Crippen molar-refractivity contribution in [3.63, 3.8) is 0 Å². The highest BCUT2D eigenvalue weighted by Crippen LogP contribution is 2.26. The van der Waals surface area contributed by atoms with Crippen LogP contribution in [0.3, 0.4) is 0 Å². The smallest absolute Gasteiger partial charge is 0.305 e. The van der Waals surface area contributed by atoms with E-state index in [-0.39, 0.29) is 36.3 Å². The number of ether oxygens (including phenoxy) is 2. The van der Waals surface area contributed by atoms with Crippen molar-refractivity contribution in [2.45, 2.75) is 182 Å². The van der Waals surface area contributed by atoms with E-state index < -0.39 is 0 Å². The van der Waals surface area contributed by atoms with Crippen LogP contribution in [-0.2, 0) is 28.7 Å². The van der Waals surface area contributed by atoms with Crippen LogP contribution in [0.15, 0.2) is 22.5 Å². The van der Waals surface area contributed by atoms with Crippen molar-refractivity contribution >= 4 is 23.5 Å². The van der Waals surface area contributed by atoms with Crippen LogP contribution in [0.5, 0.6) is 0 Å². The van der Waals surface area contributed by atoms with Gasteiger partial charge in [0.25, 0.3) is 0 Å². The van der Waals surface area contributed by atoms with Gasteiger partial charge < -0.3 is 20.1 Å². The summed E-state index contributed by atoms with van der Waals surface area (Å²) < 4.78 is 10.7. The zero-order valence-electron chi connectivity index (χ0n) is 31.2. The van der Waals surface area contributed by atoms with E-state index in [4.69, 9.17) is 9.47 Å². The standard InChI is InChI=1S/C40H70N2O6/c1-5-8-11-14-15-16-17-18-19-20-21-26-34-38(42-30-25-28-36(44)48-32-23-13-10-7-3)39(45)33(4)37(40(34)46)41-29-24-27-35(43)47-31-22-12-9-6-2/h41-42H,5-32H2,1-4H3. The first kappa shape index (κ1) is 43.4. The molecule has 0 fully saturated rings. The molecule has 276 valence electrons. The third kappa shape index (κ3) is 20.0. The summed E-state index contributed by atoms with van der Waals surface area (Å²) in [7, 11) is 0. The Balaban J connectivity index is 2.66. The first-order valence-electron chi connectivity index (χ1n) is 19.7. The molecule has 8 nitrogen and oxygen atoms in total. The fourth-order valence-electron chi connectivity index (χ4n) is 5.94. The molecule has 0 saturated carbocycles. The van der Waals surface area contributed by atoms with Crippen molar-refractivity contribution in [3.05, 3.63) is 22.5 Å². The topological polar surface area (TPSA) is 111 Å². The number of ketones is 2. The Morgan fingerprint density at radius 2 is 0.896 bits per heavy atom. The molecule has 0 radical (unpaired) electrons. The molecule has 1 aliphatic rings. The molecule has 0 aromatic heterocycles. The Labute approximate surface area is 293 Å². The average Bonchev–Trinajstić information content (AvgIpc) is 3.08. The zero-order valence-corrected chi connectivity index (χ0v) is 31.2. The van der Waals surface area contributed by atoms with Gasteiger partial charge in [0.15, 0.2) is 0 Å². The fraction of sp³-hybridized carbons (Fsp3) is 0.800. The molecule has 0 atom stereocenters. The summed E-state index contributed by atoms with van der Waals surface area (Å²) in [6, 6.07) is 0. The van der Waals surface area contributed by atoms with Crippen LogP contribution < -0.4 is 10.6 Å². The molecule has 0 heterocycles. The van der Waals surface area contributed by atoms with E-state index in [1.807, 2.05) is 0 Å². The maximum atomic E-state index is 13.8. The monoisotopic (exact) mass is 675 g/mol. The van der Waals surface area contributed by atoms with Gasteiger partial charge in [0, 0.05) is 37.1 Å². The molecule has 48 heavy (non-hydrogen) atoms. The summed E-state index contributed by atoms with van der Waals surface area (Å²) in [5.41, 5.74) is 1.61. The molecule has 1 aliphatic carbocycles. The normalized spacial score (nSPS) is 13.3. The van der Waals surface area contributed by atoms with Crippen LogP contribution in [0.4, 0.5) is 0 Å². The molecule has 0 saturated heterocycles. The van der Waals surface area contributed by atoms with Crippen LogP contribution >= 0.6 is 0 Å². The van der Waals surface area contributed by atoms with E-state index >= 15 is 0 Å². The first-order valence-corrected chi connectivity index (χ1v) is 19.7. The average molecular weight is 675 g/mol. The minimum Gasteiger partial charge on any atom is -0.466 e. The zero-order chi connectivity index (χ0) is 35.2. The predicted octanol–water partition coefficient (Wildman–Crippen LogP) is 9.35. The van der Waals surface area contributed by atoms with Gasteiger partial charge in [-0.3, -0.25) is 19.2 Å². The molecule has 1 rings (SSSR count). The molecule has 0 bridgehead atoms. The summed E-state index contributed by atoms with van der Waals surface area (Å²) in [5, 5.41) is 6.40. The van der Waals surface area contributed by atoms with Crippen LogP contribution in [0.25, 0.3) is 0 Å². The summed E-state index contributed by atoms with van der Waals surface area (Å²) in [6.07, 6.45) is 23.9. The maximum absolute atomic E-state index is 13.8. The molecule has 0 spiro atoms. The lowest BCUT2D eigenvalue weighted by Crippen LogP contribution is -2.36. The van der Waals surface area contributed by atoms with Gasteiger partial charge in [0.1, 0.15) is 0 Å². The van der Waals surface area contributed by atoms with Crippen molar-refractivity contribution in [2.24, 2.45) is 0 Å². The second-order valence-electron chi connectivity index (χ2n) is 13.4. The van der Waals surface area contributed by atoms with Crippen LogP contribution in [0.2, 0.25) is 0 Å². The number of allylic oxidation sites excluding steroid dienone is 2. The highest BCUT2D eigenvalue weighted by molar-refractivity contribution is 6.24. The quantitative estimate of drug-likeness (QED) is 0.0413. The third-order valence-electron chi connectivity index (χ3n) is 9.02. The van der Waals surface area contributed by atoms with Crippen molar-refractivity contribution in [3.8, 4) is 0 Å². The van der Waals surface area contributed by atoms with Crippen molar-refractivity contribution in [1.82, 2.24) is 10.6 Å². The second kappa shape index (κ2) is 29.3. The van der Waals surface area contributed by atoms with E-state index in [0.29, 0.717) is 68.1 Å². The molecular weight excluding hydrogens is 604 g/mol. The third-order valence-corrected chi connectivity index (χ3v) is 9.02. The van der Waals surface area contributed by atoms with Gasteiger partial charge >= 0.3 is 11.9 Å². The number of carbonyl (C=O) groups excluding carboxylic acids is 4. The lowest BCUT2D eigenvalue weighted by molar-refractivity contribution is -0.144. The Kier molecular flexibility index (Phi) is 26.5. The summed E-state index contributed by atoms with van der Waals surface area (Å²) in [4.78, 5) is 51.6. The predicted molar refractivity (Wildman–Crippen MR) is 195 cm³/mol. The molecule has 0 aromatic carbocycles. The molecular formula is C40H70N2O6. The summed E-state index contributed by atoms with van der Waals surface area (Å²) in [5.74, 6) is -0.779. The Morgan fingerprint density at radius 1 is 0.500 bits per heavy atom. The molecule has 0 unspecified atom stereocenters. The molecule has 2 N–H and O–H groups in total. The van der Waals surface area contributed by atoms with Gasteiger partial charge in [-0.05, 0) is 45.4 Å². The van der Waals surface area contributed by atoms with Crippen LogP contribution in [-0.4, -0.2) is 49.8 Å². The molecule has 0 amide bonds. The first-order chi connectivity index (χ1) is 23.4. The van der Waals surface area contributed by atoms with Gasteiger partial charge in [-0.2, -0.15) is 0 Å². The number of rotatable bonds is 32. The maximum Gasteiger partial charge on any atom is 0.305 e. The van der Waals surface area contributed by atoms with E-state index in [9.17, 15) is 19.2 Å². The lowest BCUT2D eigenvalue weighted by atomic mass is 9.88. The molecule has 0 aliphatic heterocycles.